The first-order valence-corrected chi connectivity index (χ1v) is 19.3. The Kier molecular flexibility index (Phi) is 7.99. The second-order valence-electron chi connectivity index (χ2n) is 14.4. The molecule has 5 aromatic carbocycles. The van der Waals surface area contributed by atoms with Crippen LogP contribution in [0.4, 0.5) is 0 Å². The lowest BCUT2D eigenvalue weighted by Gasteiger charge is -2.36. The number of fused-ring (bicyclic) bond motifs is 3. The van der Waals surface area contributed by atoms with E-state index < -0.39 is 8.07 Å². The average Bonchev–Trinajstić information content (AvgIpc) is 3.33. The summed E-state index contributed by atoms with van der Waals surface area (Å²) in [4.78, 5) is 0. The number of benzene rings is 5. The van der Waals surface area contributed by atoms with E-state index in [0.717, 1.165) is 5.75 Å². The van der Waals surface area contributed by atoms with Gasteiger partial charge in [-0.25, -0.2) is 0 Å². The maximum absolute atomic E-state index is 6.66. The van der Waals surface area contributed by atoms with Gasteiger partial charge in [0.15, 0.2) is 0 Å². The van der Waals surface area contributed by atoms with Gasteiger partial charge in [0, 0.05) is 5.54 Å². The number of hydrogen-bond acceptors (Lipinski definition) is 1. The van der Waals surface area contributed by atoms with Crippen LogP contribution in [0, 0.1) is 20.8 Å². The molecule has 0 unspecified atom stereocenters. The zero-order chi connectivity index (χ0) is 32.1. The standard InChI is InChI=1S/C43H46OSi/c1-10-23-44-41-39(43(5,6)7)24-28(2)25-40(41)45(8,9)42-37-26-31(33-17-13-11-15-29(33)3)19-21-35(37)36-22-20-32(27-38(36)42)34-18-14-12-16-30(34)4/h10-22,24-27,42H,1,23H2,2-9H3. The molecule has 0 radical (unpaired) electrons. The van der Waals surface area contributed by atoms with Crippen molar-refractivity contribution in [3.63, 3.8) is 0 Å². The Labute approximate surface area is 271 Å². The van der Waals surface area contributed by atoms with Crippen molar-refractivity contribution in [2.75, 3.05) is 6.61 Å². The summed E-state index contributed by atoms with van der Waals surface area (Å²) < 4.78 is 6.66. The summed E-state index contributed by atoms with van der Waals surface area (Å²) in [5.41, 5.74) is 16.2. The first-order valence-electron chi connectivity index (χ1n) is 16.2. The molecule has 0 heterocycles. The number of aryl methyl sites for hydroxylation is 3. The fraction of sp³-hybridized carbons (Fsp3) is 0.256. The molecule has 0 amide bonds. The summed E-state index contributed by atoms with van der Waals surface area (Å²) in [6.07, 6.45) is 1.87. The summed E-state index contributed by atoms with van der Waals surface area (Å²) in [6.45, 7) is 23.2. The van der Waals surface area contributed by atoms with Crippen LogP contribution in [0.2, 0.25) is 13.1 Å². The molecular weight excluding hydrogens is 561 g/mol. The van der Waals surface area contributed by atoms with E-state index >= 15 is 0 Å². The first kappa shape index (κ1) is 30.9. The Morgan fingerprint density at radius 2 is 1.20 bits per heavy atom. The van der Waals surface area contributed by atoms with Crippen molar-refractivity contribution >= 4 is 13.3 Å². The van der Waals surface area contributed by atoms with Gasteiger partial charge in [-0.1, -0.05) is 149 Å². The molecule has 0 aliphatic heterocycles. The highest BCUT2D eigenvalue weighted by Crippen LogP contribution is 2.52. The molecule has 6 rings (SSSR count). The van der Waals surface area contributed by atoms with Crippen LogP contribution < -0.4 is 9.92 Å². The lowest BCUT2D eigenvalue weighted by atomic mass is 9.85. The van der Waals surface area contributed by atoms with Gasteiger partial charge in [0.1, 0.15) is 12.4 Å². The van der Waals surface area contributed by atoms with Gasteiger partial charge >= 0.3 is 0 Å². The smallest absolute Gasteiger partial charge is 0.122 e. The fourth-order valence-electron chi connectivity index (χ4n) is 7.43. The van der Waals surface area contributed by atoms with Crippen LogP contribution in [-0.2, 0) is 5.41 Å². The van der Waals surface area contributed by atoms with E-state index in [0.29, 0.717) is 6.61 Å². The number of rotatable bonds is 7. The predicted molar refractivity (Wildman–Crippen MR) is 197 cm³/mol. The predicted octanol–water partition coefficient (Wildman–Crippen LogP) is 11.1. The van der Waals surface area contributed by atoms with E-state index in [1.807, 2.05) is 6.08 Å². The average molecular weight is 607 g/mol. The van der Waals surface area contributed by atoms with E-state index in [4.69, 9.17) is 4.74 Å². The van der Waals surface area contributed by atoms with E-state index in [-0.39, 0.29) is 11.0 Å². The molecular formula is C43H46OSi. The fourth-order valence-corrected chi connectivity index (χ4v) is 11.2. The van der Waals surface area contributed by atoms with Gasteiger partial charge in [-0.3, -0.25) is 0 Å². The van der Waals surface area contributed by atoms with Crippen LogP contribution in [-0.4, -0.2) is 14.7 Å². The van der Waals surface area contributed by atoms with Crippen molar-refractivity contribution in [2.24, 2.45) is 0 Å². The first-order chi connectivity index (χ1) is 21.4. The lowest BCUT2D eigenvalue weighted by molar-refractivity contribution is 0.353. The van der Waals surface area contributed by atoms with E-state index in [1.165, 1.54) is 71.9 Å². The molecule has 1 aliphatic rings. The van der Waals surface area contributed by atoms with Crippen molar-refractivity contribution in [1.82, 2.24) is 0 Å². The van der Waals surface area contributed by atoms with Crippen LogP contribution in [0.5, 0.6) is 5.75 Å². The monoisotopic (exact) mass is 606 g/mol. The zero-order valence-electron chi connectivity index (χ0n) is 28.2. The Bertz CT molecular complexity index is 1820. The normalized spacial score (nSPS) is 13.0. The molecule has 45 heavy (non-hydrogen) atoms. The summed E-state index contributed by atoms with van der Waals surface area (Å²) in [7, 11) is -2.32. The van der Waals surface area contributed by atoms with Crippen LogP contribution in [0.1, 0.15) is 59.7 Å². The highest BCUT2D eigenvalue weighted by atomic mass is 28.3. The van der Waals surface area contributed by atoms with Crippen LogP contribution >= 0.6 is 0 Å². The largest absolute Gasteiger partial charge is 0.489 e. The summed E-state index contributed by atoms with van der Waals surface area (Å²) in [6, 6.07) is 36.6. The Hall–Kier alpha value is -4.14. The van der Waals surface area contributed by atoms with Gasteiger partial charge in [0.2, 0.25) is 0 Å². The SMILES string of the molecule is C=CCOc1c(C(C)(C)C)cc(C)cc1[Si](C)(C)C1c2cc(-c3ccccc3C)ccc2-c2ccc(-c3ccccc3C)cc21. The van der Waals surface area contributed by atoms with E-state index in [1.54, 1.807) is 0 Å². The summed E-state index contributed by atoms with van der Waals surface area (Å²) in [5.74, 6) is 1.06. The van der Waals surface area contributed by atoms with Gasteiger partial charge in [-0.05, 0) is 92.6 Å². The van der Waals surface area contributed by atoms with Gasteiger partial charge in [-0.15, -0.1) is 0 Å². The third kappa shape index (κ3) is 5.51. The minimum atomic E-state index is -2.32. The quantitative estimate of drug-likeness (QED) is 0.132. The second kappa shape index (κ2) is 11.7. The molecule has 2 heteroatoms. The molecule has 0 atom stereocenters. The van der Waals surface area contributed by atoms with Crippen LogP contribution in [0.25, 0.3) is 33.4 Å². The van der Waals surface area contributed by atoms with Gasteiger partial charge < -0.3 is 4.74 Å². The maximum atomic E-state index is 6.66. The van der Waals surface area contributed by atoms with Gasteiger partial charge in [-0.2, -0.15) is 0 Å². The Morgan fingerprint density at radius 3 is 1.67 bits per heavy atom. The molecule has 0 spiro atoms. The van der Waals surface area contributed by atoms with Crippen molar-refractivity contribution in [3.05, 3.63) is 143 Å². The van der Waals surface area contributed by atoms with E-state index in [2.05, 4.69) is 158 Å². The molecule has 0 fully saturated rings. The topological polar surface area (TPSA) is 9.23 Å². The van der Waals surface area contributed by atoms with Crippen LogP contribution in [0.3, 0.4) is 0 Å². The minimum Gasteiger partial charge on any atom is -0.489 e. The summed E-state index contributed by atoms with van der Waals surface area (Å²) >= 11 is 0. The zero-order valence-corrected chi connectivity index (χ0v) is 29.2. The Morgan fingerprint density at radius 1 is 0.689 bits per heavy atom. The third-order valence-electron chi connectivity index (χ3n) is 9.73. The van der Waals surface area contributed by atoms with Crippen molar-refractivity contribution in [3.8, 4) is 39.1 Å². The van der Waals surface area contributed by atoms with Gasteiger partial charge in [0.05, 0.1) is 8.07 Å². The van der Waals surface area contributed by atoms with E-state index in [9.17, 15) is 0 Å². The lowest BCUT2D eigenvalue weighted by Crippen LogP contribution is -2.49. The number of ether oxygens (including phenoxy) is 1. The van der Waals surface area contributed by atoms with Crippen molar-refractivity contribution < 1.29 is 4.74 Å². The third-order valence-corrected chi connectivity index (χ3v) is 13.6. The Balaban J connectivity index is 1.63. The molecule has 0 saturated heterocycles. The van der Waals surface area contributed by atoms with Crippen LogP contribution in [0.15, 0.2) is 110 Å². The maximum Gasteiger partial charge on any atom is 0.122 e. The van der Waals surface area contributed by atoms with Gasteiger partial charge in [0.25, 0.3) is 0 Å². The molecule has 0 aromatic heterocycles. The molecule has 1 nitrogen and oxygen atoms in total. The molecule has 0 bridgehead atoms. The van der Waals surface area contributed by atoms with Crippen molar-refractivity contribution in [2.45, 2.75) is 65.6 Å². The molecule has 0 saturated carbocycles. The summed E-state index contributed by atoms with van der Waals surface area (Å²) in [5, 5.41) is 1.39. The minimum absolute atomic E-state index is 0.0523. The molecule has 1 aliphatic carbocycles. The second-order valence-corrected chi connectivity index (χ2v) is 19.0. The van der Waals surface area contributed by atoms with Crippen molar-refractivity contribution in [1.29, 1.82) is 0 Å². The molecule has 5 aromatic rings. The number of hydrogen-bond donors (Lipinski definition) is 0. The molecule has 0 N–H and O–H groups in total. The highest BCUT2D eigenvalue weighted by Gasteiger charge is 2.45. The molecule has 228 valence electrons. The highest BCUT2D eigenvalue weighted by molar-refractivity contribution is 6.92.